The lowest BCUT2D eigenvalue weighted by atomic mass is 9.90. The lowest BCUT2D eigenvalue weighted by Gasteiger charge is -2.27. The average molecular weight is 295 g/mol. The molecule has 3 nitrogen and oxygen atoms in total. The molecule has 0 radical (unpaired) electrons. The fraction of sp³-hybridized carbons (Fsp3) is 0.462. The first kappa shape index (κ1) is 11.2. The zero-order valence-electron chi connectivity index (χ0n) is 9.44. The number of fused-ring (bicyclic) bond motifs is 1. The summed E-state index contributed by atoms with van der Waals surface area (Å²) in [6.07, 6.45) is 2.50. The highest BCUT2D eigenvalue weighted by molar-refractivity contribution is 9.10. The zero-order valence-corrected chi connectivity index (χ0v) is 11.0. The Morgan fingerprint density at radius 2 is 2.24 bits per heavy atom. The molecule has 1 heterocycles. The molecule has 1 aliphatic heterocycles. The Hall–Kier alpha value is -0.870. The summed E-state index contributed by atoms with van der Waals surface area (Å²) in [6.45, 7) is 0. The minimum atomic E-state index is -0.166. The van der Waals surface area contributed by atoms with Crippen LogP contribution in [-0.4, -0.2) is 29.1 Å². The summed E-state index contributed by atoms with van der Waals surface area (Å²) in [4.78, 5) is 4.73. The molecule has 1 aliphatic carbocycles. The summed E-state index contributed by atoms with van der Waals surface area (Å²) < 4.78 is 1.06. The maximum atomic E-state index is 9.66. The molecular formula is C13H15BrN2O. The minimum Gasteiger partial charge on any atom is -0.393 e. The van der Waals surface area contributed by atoms with Gasteiger partial charge in [-0.2, -0.15) is 0 Å². The van der Waals surface area contributed by atoms with Crippen molar-refractivity contribution in [3.63, 3.8) is 0 Å². The van der Waals surface area contributed by atoms with Crippen LogP contribution >= 0.6 is 15.9 Å². The van der Waals surface area contributed by atoms with Crippen molar-refractivity contribution in [2.45, 2.75) is 37.5 Å². The van der Waals surface area contributed by atoms with Crippen molar-refractivity contribution in [3.05, 3.63) is 34.3 Å². The van der Waals surface area contributed by atoms with Crippen LogP contribution in [0.5, 0.6) is 0 Å². The van der Waals surface area contributed by atoms with Crippen LogP contribution in [0.15, 0.2) is 33.7 Å². The van der Waals surface area contributed by atoms with Crippen molar-refractivity contribution in [1.29, 1.82) is 0 Å². The van der Waals surface area contributed by atoms with Gasteiger partial charge in [-0.15, -0.1) is 0 Å². The second kappa shape index (κ2) is 4.42. The molecule has 0 spiro atoms. The first-order valence-electron chi connectivity index (χ1n) is 6.01. The predicted octanol–water partition coefficient (Wildman–Crippen LogP) is 2.08. The van der Waals surface area contributed by atoms with Crippen LogP contribution in [-0.2, 0) is 0 Å². The highest BCUT2D eigenvalue weighted by Crippen LogP contribution is 2.26. The van der Waals surface area contributed by atoms with Gasteiger partial charge in [0.05, 0.1) is 18.2 Å². The molecule has 90 valence electrons. The van der Waals surface area contributed by atoms with Crippen LogP contribution in [0.4, 0.5) is 0 Å². The molecule has 2 aliphatic rings. The van der Waals surface area contributed by atoms with E-state index in [2.05, 4.69) is 33.4 Å². The van der Waals surface area contributed by atoms with E-state index in [1.807, 2.05) is 12.1 Å². The normalized spacial score (nSPS) is 31.6. The minimum absolute atomic E-state index is 0.166. The Labute approximate surface area is 109 Å². The second-order valence-corrected chi connectivity index (χ2v) is 5.69. The average Bonchev–Trinajstić information content (AvgIpc) is 2.72. The second-order valence-electron chi connectivity index (χ2n) is 4.77. The van der Waals surface area contributed by atoms with Gasteiger partial charge in [-0.05, 0) is 31.4 Å². The zero-order chi connectivity index (χ0) is 11.8. The third-order valence-electron chi connectivity index (χ3n) is 3.50. The molecule has 1 fully saturated rings. The topological polar surface area (TPSA) is 44.6 Å². The molecule has 1 aromatic rings. The lowest BCUT2D eigenvalue weighted by Crippen LogP contribution is -2.41. The molecular weight excluding hydrogens is 280 g/mol. The van der Waals surface area contributed by atoms with E-state index >= 15 is 0 Å². The van der Waals surface area contributed by atoms with Gasteiger partial charge in [-0.3, -0.25) is 4.99 Å². The molecule has 0 amide bonds. The van der Waals surface area contributed by atoms with Crippen LogP contribution < -0.4 is 5.32 Å². The van der Waals surface area contributed by atoms with Gasteiger partial charge < -0.3 is 10.4 Å². The number of aliphatic hydroxyl groups is 1. The van der Waals surface area contributed by atoms with Gasteiger partial charge in [0.25, 0.3) is 0 Å². The van der Waals surface area contributed by atoms with Gasteiger partial charge in [0.15, 0.2) is 0 Å². The number of hydrogen-bond acceptors (Lipinski definition) is 3. The van der Waals surface area contributed by atoms with Crippen LogP contribution in [0.3, 0.4) is 0 Å². The molecule has 3 rings (SSSR count). The number of amidine groups is 1. The first-order chi connectivity index (χ1) is 8.22. The maximum Gasteiger partial charge on any atom is 0.128 e. The number of aliphatic imine (C=N–C) groups is 1. The Kier molecular flexibility index (Phi) is 2.92. The summed E-state index contributed by atoms with van der Waals surface area (Å²) in [5.41, 5.74) is 1.11. The van der Waals surface area contributed by atoms with Crippen molar-refractivity contribution in [2.24, 2.45) is 4.99 Å². The third kappa shape index (κ3) is 2.24. The van der Waals surface area contributed by atoms with Crippen molar-refractivity contribution >= 4 is 21.8 Å². The van der Waals surface area contributed by atoms with Gasteiger partial charge in [-0.1, -0.05) is 28.1 Å². The Morgan fingerprint density at radius 1 is 1.35 bits per heavy atom. The summed E-state index contributed by atoms with van der Waals surface area (Å²) >= 11 is 3.47. The van der Waals surface area contributed by atoms with Gasteiger partial charge in [0.1, 0.15) is 5.84 Å². The number of rotatable bonds is 1. The number of halogens is 1. The molecule has 4 heteroatoms. The van der Waals surface area contributed by atoms with E-state index in [1.165, 1.54) is 0 Å². The highest BCUT2D eigenvalue weighted by atomic mass is 79.9. The van der Waals surface area contributed by atoms with E-state index in [-0.39, 0.29) is 6.10 Å². The van der Waals surface area contributed by atoms with Gasteiger partial charge >= 0.3 is 0 Å². The smallest absolute Gasteiger partial charge is 0.128 e. The van der Waals surface area contributed by atoms with E-state index in [9.17, 15) is 5.11 Å². The Morgan fingerprint density at radius 3 is 3.06 bits per heavy atom. The number of nitrogens with one attached hydrogen (secondary N) is 1. The monoisotopic (exact) mass is 294 g/mol. The van der Waals surface area contributed by atoms with Crippen LogP contribution in [0.2, 0.25) is 0 Å². The molecule has 3 atom stereocenters. The predicted molar refractivity (Wildman–Crippen MR) is 71.2 cm³/mol. The van der Waals surface area contributed by atoms with Gasteiger partial charge in [0, 0.05) is 10.0 Å². The largest absolute Gasteiger partial charge is 0.393 e. The number of aliphatic hydroxyl groups excluding tert-OH is 1. The highest BCUT2D eigenvalue weighted by Gasteiger charge is 2.34. The number of hydrogen-bond donors (Lipinski definition) is 2. The maximum absolute atomic E-state index is 9.66. The summed E-state index contributed by atoms with van der Waals surface area (Å²) in [7, 11) is 0. The fourth-order valence-electron chi connectivity index (χ4n) is 2.61. The van der Waals surface area contributed by atoms with Crippen molar-refractivity contribution in [3.8, 4) is 0 Å². The SMILES string of the molecule is OC1CCC2N=C(c3cccc(Br)c3)NC2C1. The van der Waals surface area contributed by atoms with E-state index in [4.69, 9.17) is 4.99 Å². The van der Waals surface area contributed by atoms with Crippen LogP contribution in [0.1, 0.15) is 24.8 Å². The van der Waals surface area contributed by atoms with Gasteiger partial charge in [-0.25, -0.2) is 0 Å². The van der Waals surface area contributed by atoms with E-state index in [0.29, 0.717) is 12.1 Å². The van der Waals surface area contributed by atoms with Crippen molar-refractivity contribution < 1.29 is 5.11 Å². The molecule has 2 N–H and O–H groups in total. The van der Waals surface area contributed by atoms with Crippen molar-refractivity contribution in [2.75, 3.05) is 0 Å². The third-order valence-corrected chi connectivity index (χ3v) is 3.99. The molecule has 0 aromatic heterocycles. The number of nitrogens with zero attached hydrogens (tertiary/aromatic N) is 1. The number of benzene rings is 1. The van der Waals surface area contributed by atoms with Gasteiger partial charge in [0.2, 0.25) is 0 Å². The molecule has 17 heavy (non-hydrogen) atoms. The molecule has 0 bridgehead atoms. The van der Waals surface area contributed by atoms with Crippen molar-refractivity contribution in [1.82, 2.24) is 5.32 Å². The quantitative estimate of drug-likeness (QED) is 0.833. The summed E-state index contributed by atoms with van der Waals surface area (Å²) in [5, 5.41) is 13.1. The summed E-state index contributed by atoms with van der Waals surface area (Å²) in [6, 6.07) is 8.81. The standard InChI is InChI=1S/C13H15BrN2O/c14-9-3-1-2-8(6-9)13-15-11-5-4-10(17)7-12(11)16-13/h1-3,6,10-12,17H,4-5,7H2,(H,15,16). The molecule has 0 saturated heterocycles. The lowest BCUT2D eigenvalue weighted by molar-refractivity contribution is 0.112. The molecule has 1 aromatic carbocycles. The Bertz CT molecular complexity index is 460. The van der Waals surface area contributed by atoms with E-state index < -0.39 is 0 Å². The first-order valence-corrected chi connectivity index (χ1v) is 6.80. The molecule has 1 saturated carbocycles. The van der Waals surface area contributed by atoms with Crippen LogP contribution in [0, 0.1) is 0 Å². The summed E-state index contributed by atoms with van der Waals surface area (Å²) in [5.74, 6) is 0.968. The van der Waals surface area contributed by atoms with E-state index in [1.54, 1.807) is 0 Å². The molecule has 3 unspecified atom stereocenters. The fourth-order valence-corrected chi connectivity index (χ4v) is 3.01. The van der Waals surface area contributed by atoms with E-state index in [0.717, 1.165) is 35.1 Å². The Balaban J connectivity index is 1.82. The van der Waals surface area contributed by atoms with Crippen LogP contribution in [0.25, 0.3) is 0 Å².